The van der Waals surface area contributed by atoms with Crippen LogP contribution in [0.2, 0.25) is 0 Å². The van der Waals surface area contributed by atoms with Crippen molar-refractivity contribution in [2.24, 2.45) is 5.92 Å². The quantitative estimate of drug-likeness (QED) is 0.763. The number of nitrogens with zero attached hydrogens (tertiary/aromatic N) is 3. The van der Waals surface area contributed by atoms with Gasteiger partial charge in [0.25, 0.3) is 5.91 Å². The molecule has 8 nitrogen and oxygen atoms in total. The van der Waals surface area contributed by atoms with E-state index >= 15 is 0 Å². The van der Waals surface area contributed by atoms with Crippen LogP contribution in [0.15, 0.2) is 23.6 Å². The molecule has 1 saturated heterocycles. The van der Waals surface area contributed by atoms with E-state index in [2.05, 4.69) is 14.9 Å². The summed E-state index contributed by atoms with van der Waals surface area (Å²) in [4.78, 5) is 26.6. The van der Waals surface area contributed by atoms with Gasteiger partial charge in [-0.25, -0.2) is 0 Å². The van der Waals surface area contributed by atoms with Crippen LogP contribution in [0.4, 0.5) is 5.69 Å². The lowest BCUT2D eigenvalue weighted by Crippen LogP contribution is -2.40. The van der Waals surface area contributed by atoms with Crippen LogP contribution in [-0.4, -0.2) is 53.6 Å². The second-order valence-electron chi connectivity index (χ2n) is 6.74. The van der Waals surface area contributed by atoms with Crippen molar-refractivity contribution in [1.82, 2.24) is 14.5 Å². The van der Waals surface area contributed by atoms with E-state index < -0.39 is 0 Å². The molecule has 2 aromatic rings. The van der Waals surface area contributed by atoms with E-state index in [9.17, 15) is 9.59 Å². The summed E-state index contributed by atoms with van der Waals surface area (Å²) in [7, 11) is 3.14. The summed E-state index contributed by atoms with van der Waals surface area (Å²) in [6, 6.07) is 5.26. The molecule has 1 aliphatic heterocycles. The van der Waals surface area contributed by atoms with Crippen LogP contribution in [0.1, 0.15) is 36.2 Å². The van der Waals surface area contributed by atoms with Crippen LogP contribution in [0.5, 0.6) is 11.5 Å². The number of nitrogens with one attached hydrogen (secondary N) is 1. The summed E-state index contributed by atoms with van der Waals surface area (Å²) in [5, 5.41) is 8.42. The topological polar surface area (TPSA) is 93.7 Å². The number of hydrogen-bond acceptors (Lipinski definition) is 7. The highest BCUT2D eigenvalue weighted by molar-refractivity contribution is 7.03. The van der Waals surface area contributed by atoms with Gasteiger partial charge in [-0.3, -0.25) is 9.59 Å². The maximum atomic E-state index is 12.4. The molecule has 1 N–H and O–H groups in total. The molecule has 2 amide bonds. The number of hydrogen-bond donors (Lipinski definition) is 1. The van der Waals surface area contributed by atoms with E-state index in [0.717, 1.165) is 25.8 Å². The van der Waals surface area contributed by atoms with Gasteiger partial charge >= 0.3 is 0 Å². The minimum absolute atomic E-state index is 0.0672. The largest absolute Gasteiger partial charge is 0.497 e. The summed E-state index contributed by atoms with van der Waals surface area (Å²) in [6.45, 7) is 1.37. The first-order valence-electron chi connectivity index (χ1n) is 9.18. The summed E-state index contributed by atoms with van der Waals surface area (Å²) < 4.78 is 14.2. The van der Waals surface area contributed by atoms with Crippen molar-refractivity contribution in [2.75, 3.05) is 32.6 Å². The maximum Gasteiger partial charge on any atom is 0.275 e. The fraction of sp³-hybridized carbons (Fsp3) is 0.474. The van der Waals surface area contributed by atoms with E-state index in [0.29, 0.717) is 41.8 Å². The zero-order valence-electron chi connectivity index (χ0n) is 16.0. The fourth-order valence-corrected chi connectivity index (χ4v) is 3.77. The van der Waals surface area contributed by atoms with Gasteiger partial charge in [-0.1, -0.05) is 4.49 Å². The molecule has 1 fully saturated rings. The third kappa shape index (κ3) is 5.19. The smallest absolute Gasteiger partial charge is 0.275 e. The Labute approximate surface area is 168 Å². The van der Waals surface area contributed by atoms with E-state index in [-0.39, 0.29) is 11.8 Å². The number of piperidine rings is 1. The molecular formula is C19H24N4O4S. The normalized spacial score (nSPS) is 16.5. The van der Waals surface area contributed by atoms with E-state index in [4.69, 9.17) is 9.47 Å². The van der Waals surface area contributed by atoms with Crippen molar-refractivity contribution in [1.29, 1.82) is 0 Å². The first-order chi connectivity index (χ1) is 13.6. The fourth-order valence-electron chi connectivity index (χ4n) is 3.34. The zero-order valence-corrected chi connectivity index (χ0v) is 16.8. The van der Waals surface area contributed by atoms with Gasteiger partial charge in [0.1, 0.15) is 11.5 Å². The van der Waals surface area contributed by atoms with Crippen LogP contribution in [-0.2, 0) is 4.79 Å². The Morgan fingerprint density at radius 3 is 2.64 bits per heavy atom. The third-order valence-electron chi connectivity index (χ3n) is 4.80. The zero-order chi connectivity index (χ0) is 19.9. The van der Waals surface area contributed by atoms with Crippen molar-refractivity contribution in [3.63, 3.8) is 0 Å². The number of amides is 2. The monoisotopic (exact) mass is 404 g/mol. The van der Waals surface area contributed by atoms with Gasteiger partial charge in [-0.2, -0.15) is 0 Å². The predicted molar refractivity (Wildman–Crippen MR) is 106 cm³/mol. The molecule has 1 aromatic carbocycles. The summed E-state index contributed by atoms with van der Waals surface area (Å²) in [5.41, 5.74) is 1.04. The predicted octanol–water partition coefficient (Wildman–Crippen LogP) is 2.83. The summed E-state index contributed by atoms with van der Waals surface area (Å²) in [6.07, 6.45) is 3.07. The van der Waals surface area contributed by atoms with Crippen LogP contribution >= 0.6 is 11.5 Å². The number of ether oxygens (including phenoxy) is 2. The molecule has 0 aliphatic carbocycles. The Bertz CT molecular complexity index is 790. The molecule has 28 heavy (non-hydrogen) atoms. The molecule has 3 rings (SSSR count). The Balaban J connectivity index is 1.51. The number of carbonyl (C=O) groups is 2. The molecule has 1 unspecified atom stereocenters. The van der Waals surface area contributed by atoms with Gasteiger partial charge in [-0.05, 0) is 36.7 Å². The van der Waals surface area contributed by atoms with Crippen molar-refractivity contribution < 1.29 is 19.1 Å². The molecule has 1 aliphatic rings. The number of carbonyl (C=O) groups excluding carboxylic acids is 2. The third-order valence-corrected chi connectivity index (χ3v) is 5.30. The van der Waals surface area contributed by atoms with Crippen molar-refractivity contribution in [2.45, 2.75) is 25.7 Å². The van der Waals surface area contributed by atoms with Crippen LogP contribution in [0.3, 0.4) is 0 Å². The molecular weight excluding hydrogens is 380 g/mol. The van der Waals surface area contributed by atoms with Crippen LogP contribution in [0.25, 0.3) is 0 Å². The van der Waals surface area contributed by atoms with E-state index in [1.54, 1.807) is 37.8 Å². The number of anilines is 1. The molecule has 9 heteroatoms. The molecule has 0 spiro atoms. The second-order valence-corrected chi connectivity index (χ2v) is 7.35. The average Bonchev–Trinajstić information content (AvgIpc) is 3.26. The second kappa shape index (κ2) is 9.50. The lowest BCUT2D eigenvalue weighted by Gasteiger charge is -2.32. The van der Waals surface area contributed by atoms with Gasteiger partial charge in [0.15, 0.2) is 5.69 Å². The number of aromatic nitrogens is 2. The number of methoxy groups -OCH3 is 2. The molecule has 2 heterocycles. The Hall–Kier alpha value is -2.68. The van der Waals surface area contributed by atoms with Gasteiger partial charge in [0.05, 0.1) is 14.2 Å². The molecule has 0 radical (unpaired) electrons. The van der Waals surface area contributed by atoms with Crippen LogP contribution < -0.4 is 14.8 Å². The highest BCUT2D eigenvalue weighted by atomic mass is 32.1. The van der Waals surface area contributed by atoms with Gasteiger partial charge in [0.2, 0.25) is 5.91 Å². The summed E-state index contributed by atoms with van der Waals surface area (Å²) in [5.74, 6) is 1.39. The van der Waals surface area contributed by atoms with Gasteiger partial charge < -0.3 is 19.7 Å². The standard InChI is InChI=1S/C19H24N4O4S/c1-26-15-8-14(9-16(10-15)27-2)20-18(24)6-5-13-4-3-7-23(11-13)19(25)17-12-28-22-21-17/h8-10,12-13H,3-7,11H2,1-2H3,(H,20,24). The number of benzene rings is 1. The van der Waals surface area contributed by atoms with Crippen LogP contribution in [0, 0.1) is 5.92 Å². The van der Waals surface area contributed by atoms with Crippen molar-refractivity contribution >= 4 is 29.0 Å². The Morgan fingerprint density at radius 1 is 1.25 bits per heavy atom. The average molecular weight is 404 g/mol. The van der Waals surface area contributed by atoms with Gasteiger partial charge in [0, 0.05) is 48.8 Å². The number of rotatable bonds is 7. The number of likely N-dealkylation sites (tertiary alicyclic amines) is 1. The molecule has 0 bridgehead atoms. The lowest BCUT2D eigenvalue weighted by molar-refractivity contribution is -0.116. The Kier molecular flexibility index (Phi) is 6.80. The SMILES string of the molecule is COc1cc(NC(=O)CCC2CCCN(C(=O)c3csnn3)C2)cc(OC)c1. The maximum absolute atomic E-state index is 12.4. The first-order valence-corrected chi connectivity index (χ1v) is 10.0. The highest BCUT2D eigenvalue weighted by Crippen LogP contribution is 2.27. The summed E-state index contributed by atoms with van der Waals surface area (Å²) >= 11 is 1.17. The Morgan fingerprint density at radius 2 is 2.00 bits per heavy atom. The highest BCUT2D eigenvalue weighted by Gasteiger charge is 2.26. The van der Waals surface area contributed by atoms with Crippen molar-refractivity contribution in [3.05, 3.63) is 29.3 Å². The van der Waals surface area contributed by atoms with E-state index in [1.165, 1.54) is 11.5 Å². The molecule has 1 atom stereocenters. The van der Waals surface area contributed by atoms with Crippen molar-refractivity contribution in [3.8, 4) is 11.5 Å². The molecule has 1 aromatic heterocycles. The minimum Gasteiger partial charge on any atom is -0.497 e. The van der Waals surface area contributed by atoms with E-state index in [1.807, 2.05) is 4.90 Å². The molecule has 0 saturated carbocycles. The molecule has 150 valence electrons. The first kappa shape index (κ1) is 20.1. The lowest BCUT2D eigenvalue weighted by atomic mass is 9.93. The van der Waals surface area contributed by atoms with Gasteiger partial charge in [-0.15, -0.1) is 5.10 Å². The minimum atomic E-state index is -0.0774.